The molecule has 0 radical (unpaired) electrons. The number of hydrogen-bond donors (Lipinski definition) is 1. The Balaban J connectivity index is 1.72. The molecule has 0 amide bonds. The molecule has 5 nitrogen and oxygen atoms in total. The molecular formula is C18H12Cl2N4OS. The predicted molar refractivity (Wildman–Crippen MR) is 106 cm³/mol. The number of H-pyrrole nitrogens is 1. The number of rotatable bonds is 4. The van der Waals surface area contributed by atoms with E-state index in [1.54, 1.807) is 16.8 Å². The number of thioether (sulfide) groups is 1. The van der Waals surface area contributed by atoms with Gasteiger partial charge in [0.15, 0.2) is 10.8 Å². The van der Waals surface area contributed by atoms with Crippen LogP contribution in [0.5, 0.6) is 0 Å². The summed E-state index contributed by atoms with van der Waals surface area (Å²) >= 11 is 13.7. The zero-order valence-electron chi connectivity index (χ0n) is 13.3. The van der Waals surface area contributed by atoms with Crippen molar-refractivity contribution in [3.8, 4) is 5.69 Å². The first-order chi connectivity index (χ1) is 12.6. The van der Waals surface area contributed by atoms with Crippen LogP contribution in [-0.2, 0) is 5.75 Å². The number of aromatic nitrogens is 4. The van der Waals surface area contributed by atoms with Gasteiger partial charge in [-0.25, -0.2) is 9.67 Å². The molecule has 0 saturated carbocycles. The van der Waals surface area contributed by atoms with E-state index in [1.165, 1.54) is 18.0 Å². The fourth-order valence-electron chi connectivity index (χ4n) is 2.53. The van der Waals surface area contributed by atoms with E-state index in [0.29, 0.717) is 32.0 Å². The SMILES string of the molecule is O=c1[nH]c(SCc2ccccc2Cl)nc2c1cnn2-c1cccc(Cl)c1. The molecule has 0 saturated heterocycles. The van der Waals surface area contributed by atoms with E-state index in [2.05, 4.69) is 15.1 Å². The first-order valence-corrected chi connectivity index (χ1v) is 9.46. The Kier molecular flexibility index (Phi) is 4.72. The first-order valence-electron chi connectivity index (χ1n) is 7.72. The molecule has 1 N–H and O–H groups in total. The average molecular weight is 403 g/mol. The van der Waals surface area contributed by atoms with Gasteiger partial charge in [0.2, 0.25) is 0 Å². The second-order valence-electron chi connectivity index (χ2n) is 5.52. The van der Waals surface area contributed by atoms with Crippen molar-refractivity contribution in [3.63, 3.8) is 0 Å². The van der Waals surface area contributed by atoms with Crippen molar-refractivity contribution < 1.29 is 0 Å². The molecule has 2 aromatic heterocycles. The summed E-state index contributed by atoms with van der Waals surface area (Å²) in [5.74, 6) is 0.597. The largest absolute Gasteiger partial charge is 0.301 e. The number of halogens is 2. The van der Waals surface area contributed by atoms with Crippen LogP contribution in [0.25, 0.3) is 16.7 Å². The van der Waals surface area contributed by atoms with Crippen LogP contribution in [0.4, 0.5) is 0 Å². The van der Waals surface area contributed by atoms with Crippen molar-refractivity contribution in [2.45, 2.75) is 10.9 Å². The molecule has 130 valence electrons. The molecule has 0 bridgehead atoms. The van der Waals surface area contributed by atoms with Crippen molar-refractivity contribution >= 4 is 46.0 Å². The lowest BCUT2D eigenvalue weighted by atomic mass is 10.2. The van der Waals surface area contributed by atoms with Gasteiger partial charge in [0, 0.05) is 15.8 Å². The fraction of sp³-hybridized carbons (Fsp3) is 0.0556. The van der Waals surface area contributed by atoms with Crippen molar-refractivity contribution in [2.75, 3.05) is 0 Å². The predicted octanol–water partition coefficient (Wildman–Crippen LogP) is 4.71. The van der Waals surface area contributed by atoms with Crippen LogP contribution in [0.1, 0.15) is 5.56 Å². The summed E-state index contributed by atoms with van der Waals surface area (Å²) in [5, 5.41) is 6.49. The van der Waals surface area contributed by atoms with Crippen LogP contribution in [0, 0.1) is 0 Å². The highest BCUT2D eigenvalue weighted by atomic mass is 35.5. The van der Waals surface area contributed by atoms with Gasteiger partial charge in [-0.2, -0.15) is 5.10 Å². The van der Waals surface area contributed by atoms with Gasteiger partial charge >= 0.3 is 0 Å². The molecule has 0 spiro atoms. The third kappa shape index (κ3) is 3.35. The highest BCUT2D eigenvalue weighted by molar-refractivity contribution is 7.98. The molecule has 0 atom stereocenters. The lowest BCUT2D eigenvalue weighted by Crippen LogP contribution is -2.09. The first kappa shape index (κ1) is 17.1. The van der Waals surface area contributed by atoms with Gasteiger partial charge < -0.3 is 4.98 Å². The number of nitrogens with zero attached hydrogens (tertiary/aromatic N) is 3. The zero-order chi connectivity index (χ0) is 18.1. The number of hydrogen-bond acceptors (Lipinski definition) is 4. The number of benzene rings is 2. The van der Waals surface area contributed by atoms with Gasteiger partial charge in [-0.05, 0) is 29.8 Å². The number of fused-ring (bicyclic) bond motifs is 1. The lowest BCUT2D eigenvalue weighted by Gasteiger charge is -2.06. The van der Waals surface area contributed by atoms with Gasteiger partial charge in [-0.3, -0.25) is 4.79 Å². The van der Waals surface area contributed by atoms with E-state index in [-0.39, 0.29) is 5.56 Å². The van der Waals surface area contributed by atoms with Crippen LogP contribution in [-0.4, -0.2) is 19.7 Å². The standard InChI is InChI=1S/C18H12Cl2N4OS/c19-12-5-3-6-13(8-12)24-16-14(9-21-24)17(25)23-18(22-16)26-10-11-4-1-2-7-15(11)20/h1-9H,10H2,(H,22,23,25). The third-order valence-corrected chi connectivity index (χ3v) is 5.32. The fourth-order valence-corrected chi connectivity index (χ4v) is 3.85. The second kappa shape index (κ2) is 7.15. The van der Waals surface area contributed by atoms with Gasteiger partial charge in [0.25, 0.3) is 5.56 Å². The molecule has 0 unspecified atom stereocenters. The van der Waals surface area contributed by atoms with Gasteiger partial charge in [-0.15, -0.1) is 0 Å². The van der Waals surface area contributed by atoms with Crippen molar-refractivity contribution in [1.82, 2.24) is 19.7 Å². The van der Waals surface area contributed by atoms with Gasteiger partial charge in [-0.1, -0.05) is 59.2 Å². The Morgan fingerprint density at radius 2 is 1.96 bits per heavy atom. The Bertz CT molecular complexity index is 1160. The molecule has 0 aliphatic carbocycles. The van der Waals surface area contributed by atoms with E-state index in [1.807, 2.05) is 36.4 Å². The monoisotopic (exact) mass is 402 g/mol. The van der Waals surface area contributed by atoms with Crippen molar-refractivity contribution in [2.24, 2.45) is 0 Å². The summed E-state index contributed by atoms with van der Waals surface area (Å²) in [5.41, 5.74) is 1.97. The van der Waals surface area contributed by atoms with E-state index >= 15 is 0 Å². The lowest BCUT2D eigenvalue weighted by molar-refractivity contribution is 0.873. The van der Waals surface area contributed by atoms with E-state index in [0.717, 1.165) is 11.3 Å². The van der Waals surface area contributed by atoms with Gasteiger partial charge in [0.05, 0.1) is 11.9 Å². The quantitative estimate of drug-likeness (QED) is 0.396. The third-order valence-electron chi connectivity index (χ3n) is 3.79. The molecule has 2 heterocycles. The number of nitrogens with one attached hydrogen (secondary N) is 1. The minimum atomic E-state index is -0.232. The Morgan fingerprint density at radius 1 is 1.12 bits per heavy atom. The normalized spacial score (nSPS) is 11.2. The van der Waals surface area contributed by atoms with Crippen molar-refractivity contribution in [3.05, 3.63) is 80.7 Å². The van der Waals surface area contributed by atoms with Crippen LogP contribution < -0.4 is 5.56 Å². The molecule has 4 aromatic rings. The minimum Gasteiger partial charge on any atom is -0.301 e. The summed E-state index contributed by atoms with van der Waals surface area (Å²) in [6.07, 6.45) is 1.50. The Morgan fingerprint density at radius 3 is 2.77 bits per heavy atom. The summed E-state index contributed by atoms with van der Waals surface area (Å²) in [4.78, 5) is 19.7. The molecule has 0 aliphatic rings. The number of aromatic amines is 1. The van der Waals surface area contributed by atoms with E-state index < -0.39 is 0 Å². The summed E-state index contributed by atoms with van der Waals surface area (Å²) in [6, 6.07) is 14.8. The smallest absolute Gasteiger partial charge is 0.262 e. The zero-order valence-corrected chi connectivity index (χ0v) is 15.6. The Hall–Kier alpha value is -2.28. The maximum absolute atomic E-state index is 12.4. The second-order valence-corrected chi connectivity index (χ2v) is 7.33. The van der Waals surface area contributed by atoms with Crippen LogP contribution >= 0.6 is 35.0 Å². The van der Waals surface area contributed by atoms with E-state index in [9.17, 15) is 4.79 Å². The van der Waals surface area contributed by atoms with Crippen LogP contribution in [0.15, 0.2) is 64.7 Å². The topological polar surface area (TPSA) is 63.6 Å². The van der Waals surface area contributed by atoms with E-state index in [4.69, 9.17) is 23.2 Å². The van der Waals surface area contributed by atoms with Gasteiger partial charge in [0.1, 0.15) is 5.39 Å². The summed E-state index contributed by atoms with van der Waals surface area (Å²) in [6.45, 7) is 0. The molecule has 26 heavy (non-hydrogen) atoms. The molecule has 0 fully saturated rings. The minimum absolute atomic E-state index is 0.232. The molecule has 8 heteroatoms. The Labute approximate surface area is 163 Å². The maximum Gasteiger partial charge on any atom is 0.262 e. The highest BCUT2D eigenvalue weighted by Gasteiger charge is 2.12. The molecule has 2 aromatic carbocycles. The summed E-state index contributed by atoms with van der Waals surface area (Å²) < 4.78 is 1.61. The summed E-state index contributed by atoms with van der Waals surface area (Å²) in [7, 11) is 0. The maximum atomic E-state index is 12.4. The van der Waals surface area contributed by atoms with Crippen LogP contribution in [0.2, 0.25) is 10.0 Å². The van der Waals surface area contributed by atoms with Crippen molar-refractivity contribution in [1.29, 1.82) is 0 Å². The molecular weight excluding hydrogens is 391 g/mol. The molecule has 0 aliphatic heterocycles. The average Bonchev–Trinajstić information content (AvgIpc) is 3.06. The highest BCUT2D eigenvalue weighted by Crippen LogP contribution is 2.25. The molecule has 4 rings (SSSR count). The van der Waals surface area contributed by atoms with Crippen LogP contribution in [0.3, 0.4) is 0 Å².